The summed E-state index contributed by atoms with van der Waals surface area (Å²) < 4.78 is 0. The van der Waals surface area contributed by atoms with E-state index in [1.165, 1.54) is 35.3 Å². The van der Waals surface area contributed by atoms with Crippen LogP contribution >= 0.6 is 11.3 Å². The second-order valence-corrected chi connectivity index (χ2v) is 6.33. The SMILES string of the molecule is Cc1nc(CCNCc2cccc3c2NCCC3)cs1. The molecule has 0 saturated heterocycles. The van der Waals surface area contributed by atoms with Crippen molar-refractivity contribution < 1.29 is 0 Å². The molecule has 0 unspecified atom stereocenters. The molecule has 0 spiro atoms. The normalized spacial score (nSPS) is 13.8. The fourth-order valence-electron chi connectivity index (χ4n) is 2.69. The predicted octanol–water partition coefficient (Wildman–Crippen LogP) is 3.14. The summed E-state index contributed by atoms with van der Waals surface area (Å²) in [6, 6.07) is 6.63. The van der Waals surface area contributed by atoms with Crippen LogP contribution in [0, 0.1) is 6.92 Å². The number of thiazole rings is 1. The zero-order valence-corrected chi connectivity index (χ0v) is 12.7. The summed E-state index contributed by atoms with van der Waals surface area (Å²) >= 11 is 1.73. The number of nitrogens with zero attached hydrogens (tertiary/aromatic N) is 1. The van der Waals surface area contributed by atoms with E-state index in [4.69, 9.17) is 0 Å². The molecule has 0 radical (unpaired) electrons. The average Bonchev–Trinajstić information content (AvgIpc) is 2.89. The molecule has 1 aromatic heterocycles. The van der Waals surface area contributed by atoms with Crippen molar-refractivity contribution >= 4 is 17.0 Å². The van der Waals surface area contributed by atoms with Gasteiger partial charge in [-0.25, -0.2) is 4.98 Å². The van der Waals surface area contributed by atoms with Gasteiger partial charge in [-0.3, -0.25) is 0 Å². The summed E-state index contributed by atoms with van der Waals surface area (Å²) in [4.78, 5) is 4.49. The van der Waals surface area contributed by atoms with E-state index in [1.54, 1.807) is 11.3 Å². The van der Waals surface area contributed by atoms with Crippen LogP contribution in [0.15, 0.2) is 23.6 Å². The zero-order valence-electron chi connectivity index (χ0n) is 11.9. The fraction of sp³-hybridized carbons (Fsp3) is 0.438. The first-order valence-electron chi connectivity index (χ1n) is 7.29. The van der Waals surface area contributed by atoms with Gasteiger partial charge in [0.1, 0.15) is 0 Å². The lowest BCUT2D eigenvalue weighted by Crippen LogP contribution is -2.20. The van der Waals surface area contributed by atoms with Crippen molar-refractivity contribution in [3.63, 3.8) is 0 Å². The Labute approximate surface area is 124 Å². The van der Waals surface area contributed by atoms with Crippen LogP contribution in [0.2, 0.25) is 0 Å². The molecule has 2 aromatic rings. The molecule has 0 fully saturated rings. The van der Waals surface area contributed by atoms with Crippen molar-refractivity contribution in [2.45, 2.75) is 32.7 Å². The number of fused-ring (bicyclic) bond motifs is 1. The van der Waals surface area contributed by atoms with Crippen molar-refractivity contribution in [2.24, 2.45) is 0 Å². The molecule has 0 atom stereocenters. The molecule has 1 aliphatic rings. The molecular weight excluding hydrogens is 266 g/mol. The molecule has 3 nitrogen and oxygen atoms in total. The Morgan fingerprint density at radius 2 is 2.35 bits per heavy atom. The molecule has 0 amide bonds. The Morgan fingerprint density at radius 1 is 1.40 bits per heavy atom. The van der Waals surface area contributed by atoms with E-state index in [9.17, 15) is 0 Å². The van der Waals surface area contributed by atoms with Gasteiger partial charge in [-0.1, -0.05) is 18.2 Å². The number of benzene rings is 1. The second kappa shape index (κ2) is 6.37. The van der Waals surface area contributed by atoms with Gasteiger partial charge in [0.2, 0.25) is 0 Å². The first-order valence-corrected chi connectivity index (χ1v) is 8.17. The summed E-state index contributed by atoms with van der Waals surface area (Å²) in [5.74, 6) is 0. The number of hydrogen-bond acceptors (Lipinski definition) is 4. The Morgan fingerprint density at radius 3 is 3.20 bits per heavy atom. The summed E-state index contributed by atoms with van der Waals surface area (Å²) in [6.45, 7) is 5.07. The van der Waals surface area contributed by atoms with Crippen LogP contribution in [0.3, 0.4) is 0 Å². The number of aryl methyl sites for hydroxylation is 2. The van der Waals surface area contributed by atoms with Gasteiger partial charge in [-0.05, 0) is 30.9 Å². The standard InChI is InChI=1S/C16H21N3S/c1-12-19-15(11-20-12)7-9-17-10-14-5-2-4-13-6-3-8-18-16(13)14/h2,4-5,11,17-18H,3,6-10H2,1H3. The van der Waals surface area contributed by atoms with E-state index in [2.05, 4.69) is 46.1 Å². The largest absolute Gasteiger partial charge is 0.385 e. The smallest absolute Gasteiger partial charge is 0.0897 e. The lowest BCUT2D eigenvalue weighted by Gasteiger charge is -2.21. The van der Waals surface area contributed by atoms with Gasteiger partial charge in [0.25, 0.3) is 0 Å². The number of aromatic nitrogens is 1. The Hall–Kier alpha value is -1.39. The highest BCUT2D eigenvalue weighted by Crippen LogP contribution is 2.25. The molecule has 20 heavy (non-hydrogen) atoms. The highest BCUT2D eigenvalue weighted by atomic mass is 32.1. The van der Waals surface area contributed by atoms with E-state index < -0.39 is 0 Å². The summed E-state index contributed by atoms with van der Waals surface area (Å²) in [5.41, 5.74) is 5.41. The van der Waals surface area contributed by atoms with Crippen molar-refractivity contribution in [1.82, 2.24) is 10.3 Å². The summed E-state index contributed by atoms with van der Waals surface area (Å²) in [5, 5.41) is 10.4. The van der Waals surface area contributed by atoms with Crippen molar-refractivity contribution in [3.05, 3.63) is 45.4 Å². The number of nitrogens with one attached hydrogen (secondary N) is 2. The highest BCUT2D eigenvalue weighted by molar-refractivity contribution is 7.09. The van der Waals surface area contributed by atoms with Crippen LogP contribution in [-0.4, -0.2) is 18.1 Å². The molecule has 2 heterocycles. The maximum absolute atomic E-state index is 4.49. The zero-order chi connectivity index (χ0) is 13.8. The van der Waals surface area contributed by atoms with Crippen molar-refractivity contribution in [2.75, 3.05) is 18.4 Å². The minimum atomic E-state index is 0.930. The molecule has 4 heteroatoms. The maximum Gasteiger partial charge on any atom is 0.0897 e. The van der Waals surface area contributed by atoms with Gasteiger partial charge in [-0.15, -0.1) is 11.3 Å². The fourth-order valence-corrected chi connectivity index (χ4v) is 3.34. The van der Waals surface area contributed by atoms with Gasteiger partial charge < -0.3 is 10.6 Å². The van der Waals surface area contributed by atoms with E-state index in [-0.39, 0.29) is 0 Å². The third-order valence-corrected chi connectivity index (χ3v) is 4.52. The van der Waals surface area contributed by atoms with Crippen LogP contribution in [0.4, 0.5) is 5.69 Å². The first-order chi connectivity index (χ1) is 9.83. The van der Waals surface area contributed by atoms with Gasteiger partial charge in [-0.2, -0.15) is 0 Å². The molecule has 0 bridgehead atoms. The lowest BCUT2D eigenvalue weighted by molar-refractivity contribution is 0.679. The van der Waals surface area contributed by atoms with E-state index in [1.807, 2.05) is 0 Å². The molecule has 0 saturated carbocycles. The Balaban J connectivity index is 1.53. The van der Waals surface area contributed by atoms with Crippen molar-refractivity contribution in [1.29, 1.82) is 0 Å². The monoisotopic (exact) mass is 287 g/mol. The van der Waals surface area contributed by atoms with Crippen LogP contribution in [-0.2, 0) is 19.4 Å². The molecule has 1 aliphatic heterocycles. The maximum atomic E-state index is 4.49. The minimum absolute atomic E-state index is 0.930. The van der Waals surface area contributed by atoms with Crippen LogP contribution in [0.1, 0.15) is 28.2 Å². The first kappa shape index (κ1) is 13.6. The van der Waals surface area contributed by atoms with Crippen LogP contribution in [0.25, 0.3) is 0 Å². The number of anilines is 1. The molecule has 2 N–H and O–H groups in total. The third-order valence-electron chi connectivity index (χ3n) is 3.70. The summed E-state index contributed by atoms with van der Waals surface area (Å²) in [7, 11) is 0. The quantitative estimate of drug-likeness (QED) is 0.830. The van der Waals surface area contributed by atoms with E-state index in [0.29, 0.717) is 0 Å². The van der Waals surface area contributed by atoms with Crippen LogP contribution < -0.4 is 10.6 Å². The Bertz CT molecular complexity index is 577. The van der Waals surface area contributed by atoms with Crippen LogP contribution in [0.5, 0.6) is 0 Å². The van der Waals surface area contributed by atoms with Gasteiger partial charge in [0, 0.05) is 37.1 Å². The number of para-hydroxylation sites is 1. The average molecular weight is 287 g/mol. The number of rotatable bonds is 5. The molecule has 0 aliphatic carbocycles. The molecular formula is C16H21N3S. The molecule has 106 valence electrons. The second-order valence-electron chi connectivity index (χ2n) is 5.27. The lowest BCUT2D eigenvalue weighted by atomic mass is 9.99. The molecule has 3 rings (SSSR count). The van der Waals surface area contributed by atoms with E-state index >= 15 is 0 Å². The minimum Gasteiger partial charge on any atom is -0.385 e. The Kier molecular flexibility index (Phi) is 4.33. The number of hydrogen-bond donors (Lipinski definition) is 2. The van der Waals surface area contributed by atoms with E-state index in [0.717, 1.165) is 31.1 Å². The van der Waals surface area contributed by atoms with Crippen molar-refractivity contribution in [3.8, 4) is 0 Å². The third kappa shape index (κ3) is 3.19. The molecule has 1 aromatic carbocycles. The summed E-state index contributed by atoms with van der Waals surface area (Å²) in [6.07, 6.45) is 3.45. The topological polar surface area (TPSA) is 37.0 Å². The van der Waals surface area contributed by atoms with Gasteiger partial charge in [0.15, 0.2) is 0 Å². The van der Waals surface area contributed by atoms with Gasteiger partial charge >= 0.3 is 0 Å². The predicted molar refractivity (Wildman–Crippen MR) is 85.5 cm³/mol. The highest BCUT2D eigenvalue weighted by Gasteiger charge is 2.11. The van der Waals surface area contributed by atoms with Gasteiger partial charge in [0.05, 0.1) is 10.7 Å².